The average Bonchev–Trinajstić information content (AvgIpc) is 3.24. The molecule has 4 aromatic rings. The van der Waals surface area contributed by atoms with Gasteiger partial charge in [-0.25, -0.2) is 18.7 Å². The molecule has 2 N–H and O–H groups in total. The number of carboxylic acid groups (broad SMARTS) is 1. The van der Waals surface area contributed by atoms with Crippen LogP contribution in [0.25, 0.3) is 28.3 Å². The molecule has 0 bridgehead atoms. The largest absolute Gasteiger partial charge is 0.480 e. The first-order valence-electron chi connectivity index (χ1n) is 8.75. The van der Waals surface area contributed by atoms with Crippen LogP contribution < -0.4 is 5.32 Å². The summed E-state index contributed by atoms with van der Waals surface area (Å²) in [5.74, 6) is -2.99. The van der Waals surface area contributed by atoms with Crippen LogP contribution in [0.2, 0.25) is 5.02 Å². The van der Waals surface area contributed by atoms with Gasteiger partial charge in [0.2, 0.25) is 5.95 Å². The fourth-order valence-electron chi connectivity index (χ4n) is 2.76. The minimum atomic E-state index is -1.12. The minimum absolute atomic E-state index is 0.0172. The topological polar surface area (TPSA) is 119 Å². The van der Waals surface area contributed by atoms with Crippen molar-refractivity contribution < 1.29 is 18.7 Å². The summed E-state index contributed by atoms with van der Waals surface area (Å²) in [5.41, 5.74) is 1.30. The first-order valence-corrected chi connectivity index (χ1v) is 9.13. The molecule has 0 saturated carbocycles. The minimum Gasteiger partial charge on any atom is -0.480 e. The molecule has 2 heterocycles. The number of rotatable bonds is 6. The molecule has 2 aromatic carbocycles. The number of hydrogen-bond acceptors (Lipinski definition) is 7. The van der Waals surface area contributed by atoms with Crippen LogP contribution in [-0.4, -0.2) is 47.8 Å². The van der Waals surface area contributed by atoms with Gasteiger partial charge in [-0.3, -0.25) is 4.79 Å². The summed E-state index contributed by atoms with van der Waals surface area (Å²) in [6, 6.07) is 9.98. The summed E-state index contributed by atoms with van der Waals surface area (Å²) in [6.45, 7) is -0.431. The fourth-order valence-corrected chi connectivity index (χ4v) is 2.89. The number of benzene rings is 2. The number of nitrogens with one attached hydrogen (secondary N) is 1. The van der Waals surface area contributed by atoms with E-state index in [9.17, 15) is 13.6 Å². The van der Waals surface area contributed by atoms with Gasteiger partial charge in [0.15, 0.2) is 17.5 Å². The SMILES string of the molecule is O=C(O)CNc1ncc(-c2nnnn2-c2ccc(Cl)cc2)c(-c2ccc(F)c(F)c2)n1. The highest BCUT2D eigenvalue weighted by molar-refractivity contribution is 6.30. The van der Waals surface area contributed by atoms with E-state index in [4.69, 9.17) is 16.7 Å². The van der Waals surface area contributed by atoms with Crippen molar-refractivity contribution in [2.75, 3.05) is 11.9 Å². The van der Waals surface area contributed by atoms with Gasteiger partial charge in [0.25, 0.3) is 0 Å². The van der Waals surface area contributed by atoms with Gasteiger partial charge in [0.1, 0.15) is 6.54 Å². The Kier molecular flexibility index (Phi) is 5.50. The van der Waals surface area contributed by atoms with Crippen LogP contribution in [0.3, 0.4) is 0 Å². The van der Waals surface area contributed by atoms with Crippen LogP contribution in [0.5, 0.6) is 0 Å². The van der Waals surface area contributed by atoms with Crippen molar-refractivity contribution >= 4 is 23.5 Å². The van der Waals surface area contributed by atoms with Crippen LogP contribution in [0, 0.1) is 11.6 Å². The molecule has 0 radical (unpaired) electrons. The quantitative estimate of drug-likeness (QED) is 0.466. The van der Waals surface area contributed by atoms with Crippen molar-refractivity contribution in [1.29, 1.82) is 0 Å². The first-order chi connectivity index (χ1) is 14.9. The van der Waals surface area contributed by atoms with Gasteiger partial charge in [0, 0.05) is 16.8 Å². The number of nitrogens with zero attached hydrogens (tertiary/aromatic N) is 6. The molecule has 0 aliphatic rings. The van der Waals surface area contributed by atoms with Crippen molar-refractivity contribution in [2.24, 2.45) is 0 Å². The maximum Gasteiger partial charge on any atom is 0.322 e. The van der Waals surface area contributed by atoms with Crippen molar-refractivity contribution in [1.82, 2.24) is 30.2 Å². The Morgan fingerprint density at radius 2 is 1.90 bits per heavy atom. The van der Waals surface area contributed by atoms with Crippen LogP contribution in [0.4, 0.5) is 14.7 Å². The lowest BCUT2D eigenvalue weighted by Gasteiger charge is -2.11. The van der Waals surface area contributed by atoms with E-state index >= 15 is 0 Å². The van der Waals surface area contributed by atoms with Crippen LogP contribution in [0.1, 0.15) is 0 Å². The van der Waals surface area contributed by atoms with E-state index < -0.39 is 24.1 Å². The predicted octanol–water partition coefficient (Wildman–Crippen LogP) is 3.21. The number of carboxylic acids is 1. The monoisotopic (exact) mass is 443 g/mol. The lowest BCUT2D eigenvalue weighted by Crippen LogP contribution is -2.14. The molecule has 0 spiro atoms. The zero-order valence-corrected chi connectivity index (χ0v) is 16.3. The molecular weight excluding hydrogens is 432 g/mol. The Hall–Kier alpha value is -3.99. The van der Waals surface area contributed by atoms with Gasteiger partial charge < -0.3 is 10.4 Å². The van der Waals surface area contributed by atoms with Crippen molar-refractivity contribution in [3.05, 3.63) is 65.3 Å². The number of halogens is 3. The van der Waals surface area contributed by atoms with E-state index in [1.807, 2.05) is 0 Å². The molecule has 4 rings (SSSR count). The fraction of sp³-hybridized carbons (Fsp3) is 0.0526. The number of carbonyl (C=O) groups is 1. The van der Waals surface area contributed by atoms with Gasteiger partial charge >= 0.3 is 5.97 Å². The molecule has 0 saturated heterocycles. The molecule has 12 heteroatoms. The Morgan fingerprint density at radius 3 is 2.61 bits per heavy atom. The van der Waals surface area contributed by atoms with Crippen molar-refractivity contribution in [2.45, 2.75) is 0 Å². The van der Waals surface area contributed by atoms with Crippen LogP contribution in [0.15, 0.2) is 48.7 Å². The Balaban J connectivity index is 1.86. The average molecular weight is 444 g/mol. The van der Waals surface area contributed by atoms with E-state index in [0.717, 1.165) is 12.1 Å². The van der Waals surface area contributed by atoms with Gasteiger partial charge in [0.05, 0.1) is 16.9 Å². The molecule has 0 unspecified atom stereocenters. The van der Waals surface area contributed by atoms with Gasteiger partial charge in [-0.2, -0.15) is 4.68 Å². The Bertz CT molecular complexity index is 1260. The third-order valence-electron chi connectivity index (χ3n) is 4.16. The predicted molar refractivity (Wildman–Crippen MR) is 107 cm³/mol. The highest BCUT2D eigenvalue weighted by Crippen LogP contribution is 2.31. The maximum absolute atomic E-state index is 13.9. The Morgan fingerprint density at radius 1 is 1.13 bits per heavy atom. The second-order valence-corrected chi connectivity index (χ2v) is 6.66. The van der Waals surface area contributed by atoms with Gasteiger partial charge in [-0.15, -0.1) is 5.10 Å². The zero-order chi connectivity index (χ0) is 22.0. The Labute approximate surface area is 178 Å². The molecule has 0 aliphatic heterocycles. The summed E-state index contributed by atoms with van der Waals surface area (Å²) in [6.07, 6.45) is 1.37. The zero-order valence-electron chi connectivity index (χ0n) is 15.5. The number of tetrazole rings is 1. The second-order valence-electron chi connectivity index (χ2n) is 6.22. The lowest BCUT2D eigenvalue weighted by atomic mass is 10.1. The molecule has 0 amide bonds. The third kappa shape index (κ3) is 4.31. The molecule has 31 heavy (non-hydrogen) atoms. The summed E-state index contributed by atoms with van der Waals surface area (Å²) in [7, 11) is 0. The highest BCUT2D eigenvalue weighted by Gasteiger charge is 2.20. The van der Waals surface area contributed by atoms with Gasteiger partial charge in [-0.1, -0.05) is 11.6 Å². The van der Waals surface area contributed by atoms with Crippen LogP contribution >= 0.6 is 11.6 Å². The van der Waals surface area contributed by atoms with E-state index in [0.29, 0.717) is 16.3 Å². The lowest BCUT2D eigenvalue weighted by molar-refractivity contribution is -0.134. The molecule has 2 aromatic heterocycles. The maximum atomic E-state index is 13.9. The number of hydrogen-bond donors (Lipinski definition) is 2. The van der Waals surface area contributed by atoms with Crippen LogP contribution in [-0.2, 0) is 4.79 Å². The molecule has 0 aliphatic carbocycles. The molecule has 0 atom stereocenters. The second kappa shape index (κ2) is 8.40. The summed E-state index contributed by atoms with van der Waals surface area (Å²) >= 11 is 5.94. The van der Waals surface area contributed by atoms with E-state index in [1.54, 1.807) is 24.3 Å². The molecule has 156 valence electrons. The third-order valence-corrected chi connectivity index (χ3v) is 4.41. The summed E-state index contributed by atoms with van der Waals surface area (Å²) in [5, 5.41) is 23.6. The smallest absolute Gasteiger partial charge is 0.322 e. The van der Waals surface area contributed by atoms with Gasteiger partial charge in [-0.05, 0) is 52.9 Å². The highest BCUT2D eigenvalue weighted by atomic mass is 35.5. The molecule has 0 fully saturated rings. The molecule has 9 nitrogen and oxygen atoms in total. The first kappa shape index (κ1) is 20.3. The normalized spacial score (nSPS) is 10.8. The van der Waals surface area contributed by atoms with E-state index in [-0.39, 0.29) is 23.0 Å². The van der Waals surface area contributed by atoms with E-state index in [2.05, 4.69) is 30.8 Å². The number of aliphatic carboxylic acids is 1. The van der Waals surface area contributed by atoms with Crippen molar-refractivity contribution in [3.8, 4) is 28.3 Å². The summed E-state index contributed by atoms with van der Waals surface area (Å²) < 4.78 is 28.8. The standard InChI is InChI=1S/C19H12ClF2N7O2/c20-11-2-4-12(5-3-11)29-18(26-27-28-29)13-8-23-19(24-9-16(30)31)25-17(13)10-1-6-14(21)15(22)7-10/h1-8H,9H2,(H,30,31)(H,23,24,25). The van der Waals surface area contributed by atoms with Crippen molar-refractivity contribution in [3.63, 3.8) is 0 Å². The molecular formula is C19H12ClF2N7O2. The number of aromatic nitrogens is 6. The summed E-state index contributed by atoms with van der Waals surface area (Å²) in [4.78, 5) is 19.2. The van der Waals surface area contributed by atoms with E-state index in [1.165, 1.54) is 16.9 Å². The number of anilines is 1.